The van der Waals surface area contributed by atoms with Crippen molar-refractivity contribution < 1.29 is 19.1 Å². The van der Waals surface area contributed by atoms with Gasteiger partial charge in [0.25, 0.3) is 5.91 Å². The van der Waals surface area contributed by atoms with Gasteiger partial charge in [0.15, 0.2) is 0 Å². The van der Waals surface area contributed by atoms with Crippen molar-refractivity contribution in [1.29, 1.82) is 0 Å². The third-order valence-electron chi connectivity index (χ3n) is 2.42. The molecule has 1 N–H and O–H groups in total. The van der Waals surface area contributed by atoms with Crippen LogP contribution in [0.25, 0.3) is 0 Å². The Morgan fingerprint density at radius 1 is 1.73 bits per heavy atom. The van der Waals surface area contributed by atoms with Gasteiger partial charge in [-0.15, -0.1) is 0 Å². The van der Waals surface area contributed by atoms with Crippen molar-refractivity contribution in [1.82, 2.24) is 10.2 Å². The van der Waals surface area contributed by atoms with Crippen LogP contribution in [0.2, 0.25) is 0 Å². The zero-order valence-corrected chi connectivity index (χ0v) is 8.36. The van der Waals surface area contributed by atoms with Crippen LogP contribution in [0, 0.1) is 0 Å². The van der Waals surface area contributed by atoms with Gasteiger partial charge in [0, 0.05) is 6.54 Å². The molecule has 6 nitrogen and oxygen atoms in total. The summed E-state index contributed by atoms with van der Waals surface area (Å²) in [6.45, 7) is 1.39. The number of nitrogens with zero attached hydrogens (tertiary/aromatic N) is 1. The molecule has 0 spiro atoms. The minimum Gasteiger partial charge on any atom is -0.466 e. The number of fused-ring (bicyclic) bond motifs is 1. The lowest BCUT2D eigenvalue weighted by molar-refractivity contribution is -0.147. The van der Waals surface area contributed by atoms with Crippen molar-refractivity contribution >= 4 is 11.9 Å². The Hall–Kier alpha value is -1.56. The maximum absolute atomic E-state index is 11.5. The summed E-state index contributed by atoms with van der Waals surface area (Å²) in [7, 11) is 1.30. The summed E-state index contributed by atoms with van der Waals surface area (Å²) >= 11 is 0. The van der Waals surface area contributed by atoms with Crippen molar-refractivity contribution in [3.8, 4) is 0 Å². The summed E-state index contributed by atoms with van der Waals surface area (Å²) < 4.78 is 9.80. The number of carbonyl (C=O) groups is 2. The highest BCUT2D eigenvalue weighted by atomic mass is 16.5. The van der Waals surface area contributed by atoms with Crippen LogP contribution in [0.5, 0.6) is 0 Å². The van der Waals surface area contributed by atoms with E-state index in [1.165, 1.54) is 7.11 Å². The molecule has 0 radical (unpaired) electrons. The van der Waals surface area contributed by atoms with E-state index in [4.69, 9.17) is 4.74 Å². The molecule has 0 aromatic rings. The summed E-state index contributed by atoms with van der Waals surface area (Å²) in [5, 5.41) is 2.56. The molecular weight excluding hydrogens is 200 g/mol. The Balaban J connectivity index is 2.23. The number of hydrogen-bond donors (Lipinski definition) is 1. The Labute approximate surface area is 86.8 Å². The third kappa shape index (κ3) is 1.68. The standard InChI is InChI=1S/C9H12N2O4/c1-14-9(13)7-10-8(12)6-2-4-15-5-3-11(6)7/h2,7H,3-5H2,1H3,(H,10,12). The average Bonchev–Trinajstić information content (AvgIpc) is 2.45. The van der Waals surface area contributed by atoms with Crippen LogP contribution < -0.4 is 5.32 Å². The lowest BCUT2D eigenvalue weighted by Gasteiger charge is -2.21. The molecule has 2 heterocycles. The van der Waals surface area contributed by atoms with Gasteiger partial charge < -0.3 is 19.7 Å². The summed E-state index contributed by atoms with van der Waals surface area (Å²) in [6, 6.07) is 0. The average molecular weight is 212 g/mol. The Morgan fingerprint density at radius 2 is 2.53 bits per heavy atom. The van der Waals surface area contributed by atoms with Gasteiger partial charge in [-0.25, -0.2) is 4.79 Å². The number of ether oxygens (including phenoxy) is 2. The summed E-state index contributed by atoms with van der Waals surface area (Å²) in [5.41, 5.74) is 0.489. The van der Waals surface area contributed by atoms with Crippen LogP contribution in [0.3, 0.4) is 0 Å². The third-order valence-corrected chi connectivity index (χ3v) is 2.42. The first-order valence-electron chi connectivity index (χ1n) is 4.67. The molecule has 1 amide bonds. The van der Waals surface area contributed by atoms with Gasteiger partial charge in [-0.2, -0.15) is 0 Å². The molecule has 1 atom stereocenters. The maximum atomic E-state index is 11.5. The molecule has 1 saturated heterocycles. The predicted molar refractivity (Wildman–Crippen MR) is 49.6 cm³/mol. The zero-order valence-electron chi connectivity index (χ0n) is 8.36. The predicted octanol–water partition coefficient (Wildman–Crippen LogP) is -1.17. The van der Waals surface area contributed by atoms with Crippen LogP contribution in [0.1, 0.15) is 0 Å². The van der Waals surface area contributed by atoms with E-state index in [1.54, 1.807) is 11.0 Å². The number of hydrogen-bond acceptors (Lipinski definition) is 5. The molecule has 2 rings (SSSR count). The maximum Gasteiger partial charge on any atom is 0.349 e. The van der Waals surface area contributed by atoms with Crippen molar-refractivity contribution in [3.63, 3.8) is 0 Å². The number of amides is 1. The SMILES string of the molecule is COC(=O)C1NC(=O)C2=CCOCCN21. The number of rotatable bonds is 1. The Kier molecular flexibility index (Phi) is 2.59. The number of carbonyl (C=O) groups excluding carboxylic acids is 2. The van der Waals surface area contributed by atoms with E-state index in [0.29, 0.717) is 25.5 Å². The highest BCUT2D eigenvalue weighted by Crippen LogP contribution is 2.18. The number of nitrogens with one attached hydrogen (secondary N) is 1. The lowest BCUT2D eigenvalue weighted by Crippen LogP contribution is -2.44. The molecule has 0 bridgehead atoms. The van der Waals surface area contributed by atoms with Crippen molar-refractivity contribution in [3.05, 3.63) is 11.8 Å². The fraction of sp³-hybridized carbons (Fsp3) is 0.556. The van der Waals surface area contributed by atoms with Gasteiger partial charge in [0.2, 0.25) is 6.17 Å². The lowest BCUT2D eigenvalue weighted by atomic mass is 10.3. The Bertz CT molecular complexity index is 326. The van der Waals surface area contributed by atoms with E-state index in [0.717, 1.165) is 0 Å². The van der Waals surface area contributed by atoms with E-state index in [1.807, 2.05) is 0 Å². The topological polar surface area (TPSA) is 67.9 Å². The van der Waals surface area contributed by atoms with Gasteiger partial charge >= 0.3 is 5.97 Å². The van der Waals surface area contributed by atoms with Crippen LogP contribution in [-0.2, 0) is 19.1 Å². The van der Waals surface area contributed by atoms with E-state index in [9.17, 15) is 9.59 Å². The second kappa shape index (κ2) is 3.90. The van der Waals surface area contributed by atoms with Crippen molar-refractivity contribution in [2.24, 2.45) is 0 Å². The van der Waals surface area contributed by atoms with E-state index >= 15 is 0 Å². The molecule has 0 aromatic heterocycles. The summed E-state index contributed by atoms with van der Waals surface area (Å²) in [6.07, 6.45) is 0.959. The van der Waals surface area contributed by atoms with Crippen molar-refractivity contribution in [2.45, 2.75) is 6.17 Å². The second-order valence-corrected chi connectivity index (χ2v) is 3.26. The van der Waals surface area contributed by atoms with Gasteiger partial charge in [0.1, 0.15) is 5.70 Å². The van der Waals surface area contributed by atoms with Gasteiger partial charge in [0.05, 0.1) is 20.3 Å². The summed E-state index contributed by atoms with van der Waals surface area (Å²) in [4.78, 5) is 24.6. The van der Waals surface area contributed by atoms with Crippen molar-refractivity contribution in [2.75, 3.05) is 26.9 Å². The molecule has 0 aliphatic carbocycles. The molecule has 0 saturated carbocycles. The molecule has 82 valence electrons. The first-order valence-corrected chi connectivity index (χ1v) is 4.67. The monoisotopic (exact) mass is 212 g/mol. The second-order valence-electron chi connectivity index (χ2n) is 3.26. The minimum absolute atomic E-state index is 0.254. The molecule has 2 aliphatic rings. The molecular formula is C9H12N2O4. The molecule has 1 fully saturated rings. The number of methoxy groups -OCH3 is 1. The number of esters is 1. The van der Waals surface area contributed by atoms with Crippen LogP contribution in [0.4, 0.5) is 0 Å². The molecule has 1 unspecified atom stereocenters. The first kappa shape index (κ1) is 9.97. The smallest absolute Gasteiger partial charge is 0.349 e. The summed E-state index contributed by atoms with van der Waals surface area (Å²) in [5.74, 6) is -0.718. The quantitative estimate of drug-likeness (QED) is 0.555. The zero-order chi connectivity index (χ0) is 10.8. The van der Waals surface area contributed by atoms with Gasteiger partial charge in [-0.05, 0) is 6.08 Å². The highest BCUT2D eigenvalue weighted by Gasteiger charge is 2.39. The fourth-order valence-electron chi connectivity index (χ4n) is 1.69. The normalized spacial score (nSPS) is 25.1. The molecule has 0 aromatic carbocycles. The van der Waals surface area contributed by atoms with Gasteiger partial charge in [-0.3, -0.25) is 4.79 Å². The minimum atomic E-state index is -0.713. The Morgan fingerprint density at radius 3 is 3.27 bits per heavy atom. The first-order chi connectivity index (χ1) is 7.24. The molecule has 2 aliphatic heterocycles. The van der Waals surface area contributed by atoms with Crippen LogP contribution >= 0.6 is 0 Å². The van der Waals surface area contributed by atoms with Crippen LogP contribution in [0.15, 0.2) is 11.8 Å². The van der Waals surface area contributed by atoms with Gasteiger partial charge in [-0.1, -0.05) is 0 Å². The van der Waals surface area contributed by atoms with E-state index in [2.05, 4.69) is 10.1 Å². The highest BCUT2D eigenvalue weighted by molar-refractivity contribution is 5.99. The molecule has 15 heavy (non-hydrogen) atoms. The van der Waals surface area contributed by atoms with Crippen LogP contribution in [-0.4, -0.2) is 49.8 Å². The largest absolute Gasteiger partial charge is 0.466 e. The fourth-order valence-corrected chi connectivity index (χ4v) is 1.69. The molecule has 6 heteroatoms. The van der Waals surface area contributed by atoms with E-state index < -0.39 is 12.1 Å². The van der Waals surface area contributed by atoms with E-state index in [-0.39, 0.29) is 5.91 Å².